The molecule has 25 heavy (non-hydrogen) atoms. The van der Waals surface area contributed by atoms with Gasteiger partial charge < -0.3 is 14.5 Å². The molecule has 0 fully saturated rings. The van der Waals surface area contributed by atoms with Crippen molar-refractivity contribution in [1.29, 1.82) is 0 Å². The maximum Gasteiger partial charge on any atom is 0.245 e. The van der Waals surface area contributed by atoms with E-state index in [1.54, 1.807) is 23.3 Å². The molecule has 1 unspecified atom stereocenters. The van der Waals surface area contributed by atoms with Gasteiger partial charge in [0.25, 0.3) is 0 Å². The Labute approximate surface area is 153 Å². The highest BCUT2D eigenvalue weighted by molar-refractivity contribution is 7.19. The van der Waals surface area contributed by atoms with Gasteiger partial charge in [0.15, 0.2) is 0 Å². The van der Waals surface area contributed by atoms with E-state index in [1.165, 1.54) is 0 Å². The molecule has 1 aliphatic heterocycles. The number of ether oxygens (including phenoxy) is 1. The first-order valence-electron chi connectivity index (χ1n) is 8.63. The smallest absolute Gasteiger partial charge is 0.245 e. The van der Waals surface area contributed by atoms with Crippen molar-refractivity contribution >= 4 is 22.2 Å². The molecule has 0 radical (unpaired) electrons. The third kappa shape index (κ3) is 3.23. The van der Waals surface area contributed by atoms with Crippen LogP contribution in [0.15, 0.2) is 24.3 Å². The summed E-state index contributed by atoms with van der Waals surface area (Å²) in [6.45, 7) is 6.98. The lowest BCUT2D eigenvalue weighted by Crippen LogP contribution is -2.48. The number of hydrogen-bond donors (Lipinski definition) is 0. The molecule has 2 heterocycles. The molecule has 0 aliphatic carbocycles. The van der Waals surface area contributed by atoms with Gasteiger partial charge in [-0.05, 0) is 32.9 Å². The van der Waals surface area contributed by atoms with E-state index in [1.807, 2.05) is 38.2 Å². The fraction of sp³-hybridized carbons (Fsp3) is 0.474. The van der Waals surface area contributed by atoms with Crippen LogP contribution in [0.5, 0.6) is 5.75 Å². The molecule has 0 bridgehead atoms. The second kappa shape index (κ2) is 7.04. The van der Waals surface area contributed by atoms with Gasteiger partial charge in [0.05, 0.1) is 12.8 Å². The molecule has 3 rings (SSSR count). The van der Waals surface area contributed by atoms with Gasteiger partial charge in [0, 0.05) is 31.6 Å². The van der Waals surface area contributed by atoms with Gasteiger partial charge in [-0.1, -0.05) is 23.5 Å². The molecule has 1 amide bonds. The maximum absolute atomic E-state index is 12.7. The Morgan fingerprint density at radius 3 is 2.88 bits per heavy atom. The summed E-state index contributed by atoms with van der Waals surface area (Å²) in [5.74, 6) is 0.996. The number of hydrogen-bond acceptors (Lipinski definition) is 5. The standard InChI is InChI=1S/C19H25N3O2S/c1-6-21(4)18(23)16-11-15-19(22(16)12(2)3)25-17(20-15)13-8-7-9-14(10-13)24-5/h7-10,12,16H,6,11H2,1-5H3. The van der Waals surface area contributed by atoms with E-state index < -0.39 is 0 Å². The molecule has 0 N–H and O–H groups in total. The maximum atomic E-state index is 12.7. The number of rotatable bonds is 5. The summed E-state index contributed by atoms with van der Waals surface area (Å²) >= 11 is 1.66. The monoisotopic (exact) mass is 359 g/mol. The van der Waals surface area contributed by atoms with E-state index >= 15 is 0 Å². The quantitative estimate of drug-likeness (QED) is 0.820. The number of nitrogens with zero attached hydrogens (tertiary/aromatic N) is 3. The van der Waals surface area contributed by atoms with Gasteiger partial charge in [-0.3, -0.25) is 4.79 Å². The third-order valence-electron chi connectivity index (χ3n) is 4.64. The molecule has 134 valence electrons. The highest BCUT2D eigenvalue weighted by Gasteiger charge is 2.39. The Kier molecular flexibility index (Phi) is 4.99. The number of anilines is 1. The fourth-order valence-corrected chi connectivity index (χ4v) is 4.47. The summed E-state index contributed by atoms with van der Waals surface area (Å²) in [5, 5.41) is 2.10. The Morgan fingerprint density at radius 2 is 2.24 bits per heavy atom. The zero-order chi connectivity index (χ0) is 18.1. The SMILES string of the molecule is CCN(C)C(=O)C1Cc2nc(-c3cccc(OC)c3)sc2N1C(C)C. The van der Waals surface area contributed by atoms with Crippen molar-refractivity contribution in [3.63, 3.8) is 0 Å². The molecule has 0 saturated carbocycles. The van der Waals surface area contributed by atoms with Crippen LogP contribution in [0.1, 0.15) is 26.5 Å². The van der Waals surface area contributed by atoms with Crippen molar-refractivity contribution < 1.29 is 9.53 Å². The molecule has 1 atom stereocenters. The van der Waals surface area contributed by atoms with Crippen LogP contribution >= 0.6 is 11.3 Å². The lowest BCUT2D eigenvalue weighted by atomic mass is 10.1. The summed E-state index contributed by atoms with van der Waals surface area (Å²) in [6, 6.07) is 8.06. The van der Waals surface area contributed by atoms with Crippen molar-refractivity contribution in [2.75, 3.05) is 25.6 Å². The zero-order valence-electron chi connectivity index (χ0n) is 15.4. The molecular weight excluding hydrogens is 334 g/mol. The van der Waals surface area contributed by atoms with Crippen molar-refractivity contribution in [3.8, 4) is 16.3 Å². The van der Waals surface area contributed by atoms with E-state index in [9.17, 15) is 4.79 Å². The van der Waals surface area contributed by atoms with Gasteiger partial charge in [-0.2, -0.15) is 0 Å². The Balaban J connectivity index is 1.94. The second-order valence-corrected chi connectivity index (χ2v) is 7.55. The first-order chi connectivity index (χ1) is 12.0. The molecule has 5 nitrogen and oxygen atoms in total. The summed E-state index contributed by atoms with van der Waals surface area (Å²) in [4.78, 5) is 21.6. The van der Waals surface area contributed by atoms with Crippen LogP contribution in [0.3, 0.4) is 0 Å². The predicted molar refractivity (Wildman–Crippen MR) is 103 cm³/mol. The minimum Gasteiger partial charge on any atom is -0.497 e. The van der Waals surface area contributed by atoms with E-state index in [2.05, 4.69) is 18.7 Å². The average Bonchev–Trinajstić information content (AvgIpc) is 3.17. The molecule has 0 saturated heterocycles. The predicted octanol–water partition coefficient (Wildman–Crippen LogP) is 3.44. The largest absolute Gasteiger partial charge is 0.497 e. The lowest BCUT2D eigenvalue weighted by molar-refractivity contribution is -0.131. The molecule has 1 aliphatic rings. The molecular formula is C19H25N3O2S. The summed E-state index contributed by atoms with van der Waals surface area (Å²) in [7, 11) is 3.53. The molecule has 1 aromatic heterocycles. The number of methoxy groups -OCH3 is 1. The Hall–Kier alpha value is -2.08. The Bertz CT molecular complexity index is 772. The topological polar surface area (TPSA) is 45.7 Å². The zero-order valence-corrected chi connectivity index (χ0v) is 16.3. The number of likely N-dealkylation sites (N-methyl/N-ethyl adjacent to an activating group) is 1. The average molecular weight is 359 g/mol. The lowest BCUT2D eigenvalue weighted by Gasteiger charge is -2.32. The van der Waals surface area contributed by atoms with Crippen LogP contribution in [0.25, 0.3) is 10.6 Å². The van der Waals surface area contributed by atoms with Gasteiger partial charge >= 0.3 is 0 Å². The number of benzene rings is 1. The third-order valence-corrected chi connectivity index (χ3v) is 5.80. The molecule has 6 heteroatoms. The summed E-state index contributed by atoms with van der Waals surface area (Å²) in [5.41, 5.74) is 2.08. The summed E-state index contributed by atoms with van der Waals surface area (Å²) < 4.78 is 5.32. The van der Waals surface area contributed by atoms with E-state index in [-0.39, 0.29) is 18.0 Å². The van der Waals surface area contributed by atoms with Crippen LogP contribution in [-0.2, 0) is 11.2 Å². The second-order valence-electron chi connectivity index (χ2n) is 6.58. The normalized spacial score (nSPS) is 16.2. The van der Waals surface area contributed by atoms with Gasteiger partial charge in [-0.15, -0.1) is 0 Å². The van der Waals surface area contributed by atoms with Crippen molar-refractivity contribution in [2.24, 2.45) is 0 Å². The van der Waals surface area contributed by atoms with E-state index in [4.69, 9.17) is 9.72 Å². The number of fused-ring (bicyclic) bond motifs is 1. The minimum atomic E-state index is -0.141. The van der Waals surface area contributed by atoms with Gasteiger partial charge in [0.1, 0.15) is 21.8 Å². The van der Waals surface area contributed by atoms with Crippen LogP contribution in [0, 0.1) is 0 Å². The van der Waals surface area contributed by atoms with Crippen LogP contribution in [0.4, 0.5) is 5.00 Å². The first kappa shape index (κ1) is 17.7. The molecule has 0 spiro atoms. The Morgan fingerprint density at radius 1 is 1.48 bits per heavy atom. The van der Waals surface area contributed by atoms with E-state index in [0.29, 0.717) is 6.42 Å². The van der Waals surface area contributed by atoms with Gasteiger partial charge in [0.2, 0.25) is 5.91 Å². The molecule has 1 aromatic carbocycles. The first-order valence-corrected chi connectivity index (χ1v) is 9.45. The van der Waals surface area contributed by atoms with Crippen molar-refractivity contribution in [2.45, 2.75) is 39.3 Å². The highest BCUT2D eigenvalue weighted by Crippen LogP contribution is 2.42. The highest BCUT2D eigenvalue weighted by atomic mass is 32.1. The minimum absolute atomic E-state index is 0.141. The number of aromatic nitrogens is 1. The van der Waals surface area contributed by atoms with E-state index in [0.717, 1.165) is 33.6 Å². The van der Waals surface area contributed by atoms with Crippen LogP contribution < -0.4 is 9.64 Å². The number of carbonyl (C=O) groups is 1. The van der Waals surface area contributed by atoms with Crippen molar-refractivity contribution in [3.05, 3.63) is 30.0 Å². The number of carbonyl (C=O) groups excluding carboxylic acids is 1. The van der Waals surface area contributed by atoms with Gasteiger partial charge in [-0.25, -0.2) is 4.98 Å². The fourth-order valence-electron chi connectivity index (χ4n) is 3.19. The molecule has 2 aromatic rings. The van der Waals surface area contributed by atoms with Crippen LogP contribution in [0.2, 0.25) is 0 Å². The summed E-state index contributed by atoms with van der Waals surface area (Å²) in [6.07, 6.45) is 0.678. The van der Waals surface area contributed by atoms with Crippen molar-refractivity contribution in [1.82, 2.24) is 9.88 Å². The number of amides is 1. The van der Waals surface area contributed by atoms with Crippen LogP contribution in [-0.4, -0.2) is 48.6 Å². The number of thiazole rings is 1.